The van der Waals surface area contributed by atoms with Gasteiger partial charge in [0.05, 0.1) is 26.2 Å². The van der Waals surface area contributed by atoms with Crippen LogP contribution < -0.4 is 4.74 Å². The van der Waals surface area contributed by atoms with Crippen LogP contribution in [0.1, 0.15) is 22.6 Å². The second-order valence-electron chi connectivity index (χ2n) is 8.73. The van der Waals surface area contributed by atoms with Crippen LogP contribution in [0, 0.1) is 16.7 Å². The molecule has 3 aromatic carbocycles. The molecule has 0 N–H and O–H groups in total. The molecular formula is C29H24N2O4S. The quantitative estimate of drug-likeness (QED) is 0.272. The number of hydrogen-bond donors (Lipinski definition) is 0. The molecule has 2 heterocycles. The van der Waals surface area contributed by atoms with Crippen LogP contribution in [0.2, 0.25) is 0 Å². The van der Waals surface area contributed by atoms with Crippen molar-refractivity contribution in [3.05, 3.63) is 102 Å². The van der Waals surface area contributed by atoms with Gasteiger partial charge in [-0.05, 0) is 41.5 Å². The zero-order valence-corrected chi connectivity index (χ0v) is 20.7. The van der Waals surface area contributed by atoms with Gasteiger partial charge in [0.15, 0.2) is 11.0 Å². The van der Waals surface area contributed by atoms with Gasteiger partial charge in [-0.1, -0.05) is 54.6 Å². The van der Waals surface area contributed by atoms with Crippen molar-refractivity contribution in [2.24, 2.45) is 5.41 Å². The lowest BCUT2D eigenvalue weighted by atomic mass is 9.64. The van der Waals surface area contributed by atoms with Gasteiger partial charge < -0.3 is 9.47 Å². The Morgan fingerprint density at radius 3 is 2.39 bits per heavy atom. The molecule has 0 bridgehead atoms. The second-order valence-corrected chi connectivity index (χ2v) is 9.78. The van der Waals surface area contributed by atoms with Crippen LogP contribution in [0.3, 0.4) is 0 Å². The molecule has 3 atom stereocenters. The van der Waals surface area contributed by atoms with Crippen LogP contribution in [0.5, 0.6) is 5.75 Å². The molecular weight excluding hydrogens is 472 g/mol. The lowest BCUT2D eigenvalue weighted by Crippen LogP contribution is -2.46. The number of benzene rings is 3. The molecule has 2 aliphatic heterocycles. The van der Waals surface area contributed by atoms with Crippen molar-refractivity contribution in [3.63, 3.8) is 0 Å². The van der Waals surface area contributed by atoms with Gasteiger partial charge in [0, 0.05) is 22.4 Å². The fraction of sp³-hybridized carbons (Fsp3) is 0.207. The van der Waals surface area contributed by atoms with E-state index in [4.69, 9.17) is 9.47 Å². The van der Waals surface area contributed by atoms with E-state index in [1.807, 2.05) is 72.8 Å². The largest absolute Gasteiger partial charge is 0.497 e. The molecule has 1 amide bonds. The number of ether oxygens (including phenoxy) is 2. The van der Waals surface area contributed by atoms with Gasteiger partial charge in [-0.15, -0.1) is 11.8 Å². The number of amides is 1. The highest BCUT2D eigenvalue weighted by Gasteiger charge is 2.72. The maximum atomic E-state index is 14.3. The van der Waals surface area contributed by atoms with Gasteiger partial charge in [0.2, 0.25) is 5.91 Å². The maximum absolute atomic E-state index is 14.3. The Balaban J connectivity index is 1.78. The fourth-order valence-corrected chi connectivity index (χ4v) is 6.57. The maximum Gasteiger partial charge on any atom is 0.323 e. The van der Waals surface area contributed by atoms with Gasteiger partial charge >= 0.3 is 5.97 Å². The number of carbonyl (C=O) groups excluding carboxylic acids is 2. The third-order valence-electron chi connectivity index (χ3n) is 7.04. The molecule has 0 unspecified atom stereocenters. The Morgan fingerprint density at radius 1 is 1.03 bits per heavy atom. The molecule has 0 saturated carbocycles. The number of rotatable bonds is 6. The number of nitrogens with zero attached hydrogens (tertiary/aromatic N) is 2. The topological polar surface area (TPSA) is 79.6 Å². The molecule has 36 heavy (non-hydrogen) atoms. The van der Waals surface area contributed by atoms with Crippen LogP contribution in [0.25, 0.3) is 6.08 Å². The molecule has 3 aromatic rings. The van der Waals surface area contributed by atoms with E-state index in [1.165, 1.54) is 23.8 Å². The predicted octanol–water partition coefficient (Wildman–Crippen LogP) is 4.98. The number of methoxy groups -OCH3 is 2. The Kier molecular flexibility index (Phi) is 6.07. The second kappa shape index (κ2) is 9.21. The molecule has 6 nitrogen and oxygen atoms in total. The van der Waals surface area contributed by atoms with Crippen LogP contribution in [0.15, 0.2) is 90.0 Å². The van der Waals surface area contributed by atoms with Crippen LogP contribution >= 0.6 is 11.8 Å². The number of carbonyl (C=O) groups is 2. The summed E-state index contributed by atoms with van der Waals surface area (Å²) in [5.41, 5.74) is -0.904. The first-order chi connectivity index (χ1) is 17.5. The fourth-order valence-electron chi connectivity index (χ4n) is 5.41. The zero-order valence-electron chi connectivity index (χ0n) is 19.9. The summed E-state index contributed by atoms with van der Waals surface area (Å²) in [4.78, 5) is 30.4. The normalized spacial score (nSPS) is 24.0. The summed E-state index contributed by atoms with van der Waals surface area (Å²) in [6.07, 6.45) is 3.44. The van der Waals surface area contributed by atoms with E-state index in [2.05, 4.69) is 6.07 Å². The summed E-state index contributed by atoms with van der Waals surface area (Å²) in [5.74, 6) is -1.22. The first-order valence-electron chi connectivity index (χ1n) is 11.5. The molecule has 0 aromatic heterocycles. The number of fused-ring (bicyclic) bond motifs is 3. The highest BCUT2D eigenvalue weighted by Crippen LogP contribution is 2.62. The van der Waals surface area contributed by atoms with E-state index in [0.29, 0.717) is 16.9 Å². The zero-order chi connectivity index (χ0) is 25.3. The highest BCUT2D eigenvalue weighted by atomic mass is 32.2. The lowest BCUT2D eigenvalue weighted by Gasteiger charge is -2.40. The first-order valence-corrected chi connectivity index (χ1v) is 12.4. The summed E-state index contributed by atoms with van der Waals surface area (Å²) < 4.78 is 10.7. The molecule has 0 radical (unpaired) electrons. The highest BCUT2D eigenvalue weighted by molar-refractivity contribution is 7.99. The number of hydrogen-bond acceptors (Lipinski definition) is 6. The van der Waals surface area contributed by atoms with Crippen LogP contribution in [-0.4, -0.2) is 36.7 Å². The van der Waals surface area contributed by atoms with Crippen LogP contribution in [-0.2, 0) is 19.9 Å². The van der Waals surface area contributed by atoms with E-state index in [0.717, 1.165) is 10.5 Å². The number of thioether (sulfide) groups is 1. The summed E-state index contributed by atoms with van der Waals surface area (Å²) in [6.45, 7) is 0. The van der Waals surface area contributed by atoms with Crippen molar-refractivity contribution < 1.29 is 19.1 Å². The average Bonchev–Trinajstić information content (AvgIpc) is 3.17. The van der Waals surface area contributed by atoms with Gasteiger partial charge in [-0.25, -0.2) is 0 Å². The van der Waals surface area contributed by atoms with Crippen molar-refractivity contribution in [2.75, 3.05) is 20.0 Å². The van der Waals surface area contributed by atoms with Gasteiger partial charge in [0.1, 0.15) is 5.75 Å². The lowest BCUT2D eigenvalue weighted by molar-refractivity contribution is -0.157. The molecule has 0 aliphatic carbocycles. The van der Waals surface area contributed by atoms with Gasteiger partial charge in [-0.2, -0.15) is 5.26 Å². The summed E-state index contributed by atoms with van der Waals surface area (Å²) in [7, 11) is 2.86. The minimum absolute atomic E-state index is 0.106. The molecule has 180 valence electrons. The van der Waals surface area contributed by atoms with Crippen molar-refractivity contribution in [1.82, 2.24) is 4.90 Å². The van der Waals surface area contributed by atoms with Crippen molar-refractivity contribution in [3.8, 4) is 11.8 Å². The molecule has 1 saturated heterocycles. The van der Waals surface area contributed by atoms with Crippen molar-refractivity contribution in [1.29, 1.82) is 5.26 Å². The Hall–Kier alpha value is -4.02. The molecule has 2 aliphatic rings. The van der Waals surface area contributed by atoms with Crippen LogP contribution in [0.4, 0.5) is 0 Å². The van der Waals surface area contributed by atoms with E-state index in [9.17, 15) is 14.9 Å². The third kappa shape index (κ3) is 3.33. The van der Waals surface area contributed by atoms with E-state index in [1.54, 1.807) is 25.4 Å². The summed E-state index contributed by atoms with van der Waals surface area (Å²) in [6, 6.07) is 26.8. The first kappa shape index (κ1) is 23.7. The molecule has 7 heteroatoms. The number of nitriles is 1. The van der Waals surface area contributed by atoms with Gasteiger partial charge in [0.25, 0.3) is 0 Å². The molecule has 0 spiro atoms. The summed E-state index contributed by atoms with van der Waals surface area (Å²) >= 11 is 1.40. The van der Waals surface area contributed by atoms with Crippen molar-refractivity contribution in [2.45, 2.75) is 16.4 Å². The smallest absolute Gasteiger partial charge is 0.323 e. The van der Waals surface area contributed by atoms with Crippen molar-refractivity contribution >= 4 is 29.7 Å². The minimum Gasteiger partial charge on any atom is -0.497 e. The monoisotopic (exact) mass is 496 g/mol. The predicted molar refractivity (Wildman–Crippen MR) is 137 cm³/mol. The SMILES string of the molecule is COC(=O)[C@@]1(CSc2ccccc2)C(=O)N2C=Cc3ccccc3[C@@]2(C#N)[C@@H]1c1ccc(OC)cc1. The van der Waals surface area contributed by atoms with E-state index >= 15 is 0 Å². The average molecular weight is 497 g/mol. The molecule has 5 rings (SSSR count). The third-order valence-corrected chi connectivity index (χ3v) is 8.25. The Bertz CT molecular complexity index is 1380. The number of esters is 1. The summed E-state index contributed by atoms with van der Waals surface area (Å²) in [5, 5.41) is 10.9. The Labute approximate surface area is 214 Å². The van der Waals surface area contributed by atoms with E-state index in [-0.39, 0.29) is 5.75 Å². The van der Waals surface area contributed by atoms with E-state index < -0.39 is 28.7 Å². The standard InChI is InChI=1S/C29H24N2O4S/c1-34-22-14-12-21(13-15-22)25-28(27(33)35-2,19-36-23-9-4-3-5-10-23)26(32)31-17-16-20-8-6-7-11-24(20)29(25,31)18-30/h3-17,25H,19H2,1-2H3/t25-,28-,29+/m1/s1. The minimum atomic E-state index is -1.65. The van der Waals surface area contributed by atoms with Gasteiger partial charge in [-0.3, -0.25) is 14.5 Å². The molecule has 1 fully saturated rings. The Morgan fingerprint density at radius 2 is 1.72 bits per heavy atom.